The molecule has 0 radical (unpaired) electrons. The van der Waals surface area contributed by atoms with Crippen LogP contribution in [-0.4, -0.2) is 70.6 Å². The molecule has 0 unspecified atom stereocenters. The molecule has 1 aromatic carbocycles. The number of carbonyl (C=O) groups excluding carboxylic acids is 2. The van der Waals surface area contributed by atoms with Crippen LogP contribution in [0, 0.1) is 11.7 Å². The van der Waals surface area contributed by atoms with E-state index >= 15 is 0 Å². The highest BCUT2D eigenvalue weighted by Crippen LogP contribution is 2.28. The Morgan fingerprint density at radius 2 is 1.81 bits per heavy atom. The number of amides is 2. The normalized spacial score (nSPS) is 20.9. The first kappa shape index (κ1) is 24.5. The molecular weight excluding hydrogens is 485 g/mol. The van der Waals surface area contributed by atoms with E-state index in [1.54, 1.807) is 10.7 Å². The lowest BCUT2D eigenvalue weighted by molar-refractivity contribution is -0.120. The van der Waals surface area contributed by atoms with Crippen LogP contribution in [0.4, 0.5) is 15.9 Å². The first-order valence-electron chi connectivity index (χ1n) is 12.2. The van der Waals surface area contributed by atoms with Crippen LogP contribution in [0.25, 0.3) is 5.65 Å². The molecular formula is C25H29ClFN7O2. The van der Waals surface area contributed by atoms with Crippen LogP contribution in [0.3, 0.4) is 0 Å². The Morgan fingerprint density at radius 1 is 1.06 bits per heavy atom. The van der Waals surface area contributed by atoms with Gasteiger partial charge in [0, 0.05) is 38.1 Å². The number of imidazole rings is 1. The Labute approximate surface area is 213 Å². The highest BCUT2D eigenvalue weighted by atomic mass is 35.5. The van der Waals surface area contributed by atoms with Gasteiger partial charge in [-0.25, -0.2) is 13.9 Å². The number of aromatic nitrogens is 3. The Morgan fingerprint density at radius 3 is 2.53 bits per heavy atom. The van der Waals surface area contributed by atoms with E-state index in [9.17, 15) is 14.0 Å². The van der Waals surface area contributed by atoms with Gasteiger partial charge in [-0.05, 0) is 63.1 Å². The molecule has 1 aliphatic carbocycles. The third kappa shape index (κ3) is 5.29. The van der Waals surface area contributed by atoms with Crippen LogP contribution in [0.1, 0.15) is 36.2 Å². The molecule has 3 aromatic rings. The lowest BCUT2D eigenvalue weighted by Crippen LogP contribution is -2.45. The van der Waals surface area contributed by atoms with Gasteiger partial charge >= 0.3 is 0 Å². The molecule has 36 heavy (non-hydrogen) atoms. The van der Waals surface area contributed by atoms with Crippen molar-refractivity contribution in [1.82, 2.24) is 24.8 Å². The second kappa shape index (κ2) is 10.4. The Hall–Kier alpha value is -3.24. The third-order valence-corrected chi connectivity index (χ3v) is 7.34. The summed E-state index contributed by atoms with van der Waals surface area (Å²) >= 11 is 6.02. The van der Waals surface area contributed by atoms with Crippen molar-refractivity contribution in [3.63, 3.8) is 0 Å². The number of benzene rings is 1. The van der Waals surface area contributed by atoms with E-state index in [1.165, 1.54) is 18.2 Å². The summed E-state index contributed by atoms with van der Waals surface area (Å²) in [5, 5.41) is 10.7. The monoisotopic (exact) mass is 513 g/mol. The summed E-state index contributed by atoms with van der Waals surface area (Å²) < 4.78 is 14.9. The molecule has 0 bridgehead atoms. The summed E-state index contributed by atoms with van der Waals surface area (Å²) in [6.07, 6.45) is 4.18. The van der Waals surface area contributed by atoms with E-state index < -0.39 is 5.82 Å². The van der Waals surface area contributed by atoms with Gasteiger partial charge < -0.3 is 20.4 Å². The fourth-order valence-corrected chi connectivity index (χ4v) is 5.02. The highest BCUT2D eigenvalue weighted by molar-refractivity contribution is 6.33. The van der Waals surface area contributed by atoms with Crippen LogP contribution >= 0.6 is 11.6 Å². The van der Waals surface area contributed by atoms with Gasteiger partial charge in [0.2, 0.25) is 5.91 Å². The van der Waals surface area contributed by atoms with Crippen molar-refractivity contribution in [2.24, 2.45) is 5.92 Å². The summed E-state index contributed by atoms with van der Waals surface area (Å²) in [6.45, 7) is 3.70. The van der Waals surface area contributed by atoms with Crippen molar-refractivity contribution in [2.45, 2.75) is 31.7 Å². The first-order chi connectivity index (χ1) is 17.4. The molecule has 5 rings (SSSR count). The molecule has 1 saturated heterocycles. The van der Waals surface area contributed by atoms with Crippen LogP contribution in [0.15, 0.2) is 36.5 Å². The number of halogens is 2. The summed E-state index contributed by atoms with van der Waals surface area (Å²) in [6, 6.07) is 7.68. The number of likely N-dealkylation sites (N-methyl/N-ethyl adjacent to an activating group) is 1. The number of fused-ring (bicyclic) bond motifs is 1. The van der Waals surface area contributed by atoms with Gasteiger partial charge in [0.05, 0.1) is 16.9 Å². The number of anilines is 2. The fourth-order valence-electron chi connectivity index (χ4n) is 4.81. The Kier molecular flexibility index (Phi) is 7.06. The summed E-state index contributed by atoms with van der Waals surface area (Å²) in [5.41, 5.74) is 1.42. The summed E-state index contributed by atoms with van der Waals surface area (Å²) in [5.74, 6) is -0.184. The van der Waals surface area contributed by atoms with Gasteiger partial charge in [0.1, 0.15) is 11.6 Å². The minimum Gasteiger partial charge on any atom is -0.353 e. The first-order valence-corrected chi connectivity index (χ1v) is 12.6. The zero-order valence-electron chi connectivity index (χ0n) is 20.1. The maximum absolute atomic E-state index is 13.2. The quantitative estimate of drug-likeness (QED) is 0.544. The van der Waals surface area contributed by atoms with E-state index in [2.05, 4.69) is 32.5 Å². The smallest absolute Gasteiger partial charge is 0.271 e. The average Bonchev–Trinajstić information content (AvgIpc) is 3.30. The maximum Gasteiger partial charge on any atom is 0.271 e. The lowest BCUT2D eigenvalue weighted by Gasteiger charge is -2.33. The van der Waals surface area contributed by atoms with E-state index in [4.69, 9.17) is 16.7 Å². The standard InChI is InChI=1S/C25H29ClFN7O2/c1-32-10-12-33(13-11-32)23-9-8-22-28-15-21(34(22)31-23)25(36)29-18-5-2-16(3-6-18)24(35)30-20-7-4-17(27)14-19(20)26/h4,7-9,14-16,18H,2-3,5-6,10-13H2,1H3,(H,29,36)(H,30,35)/t16-,18-. The number of hydrogen-bond donors (Lipinski definition) is 2. The van der Waals surface area contributed by atoms with Gasteiger partial charge in [-0.15, -0.1) is 5.10 Å². The number of nitrogens with zero attached hydrogens (tertiary/aromatic N) is 5. The second-order valence-corrected chi connectivity index (χ2v) is 9.94. The number of nitrogens with one attached hydrogen (secondary N) is 2. The van der Waals surface area contributed by atoms with Crippen molar-refractivity contribution in [1.29, 1.82) is 0 Å². The predicted octanol–water partition coefficient (Wildman–Crippen LogP) is 3.20. The van der Waals surface area contributed by atoms with Gasteiger partial charge in [0.15, 0.2) is 11.3 Å². The van der Waals surface area contributed by atoms with Crippen molar-refractivity contribution in [2.75, 3.05) is 43.4 Å². The predicted molar refractivity (Wildman–Crippen MR) is 136 cm³/mol. The topological polar surface area (TPSA) is 94.9 Å². The molecule has 2 aliphatic rings. The summed E-state index contributed by atoms with van der Waals surface area (Å²) in [4.78, 5) is 34.6. The van der Waals surface area contributed by atoms with Crippen LogP contribution in [0.2, 0.25) is 5.02 Å². The van der Waals surface area contributed by atoms with Gasteiger partial charge in [-0.3, -0.25) is 9.59 Å². The third-order valence-electron chi connectivity index (χ3n) is 7.03. The number of rotatable bonds is 5. The van der Waals surface area contributed by atoms with Gasteiger partial charge in [0.25, 0.3) is 5.91 Å². The van der Waals surface area contributed by atoms with Gasteiger partial charge in [-0.1, -0.05) is 11.6 Å². The Bertz CT molecular complexity index is 1270. The largest absolute Gasteiger partial charge is 0.353 e. The van der Waals surface area contributed by atoms with E-state index in [1.807, 2.05) is 12.1 Å². The van der Waals surface area contributed by atoms with E-state index in [-0.39, 0.29) is 28.8 Å². The number of carbonyl (C=O) groups is 2. The molecule has 0 atom stereocenters. The molecule has 11 heteroatoms. The van der Waals surface area contributed by atoms with Crippen LogP contribution in [-0.2, 0) is 4.79 Å². The van der Waals surface area contributed by atoms with Crippen LogP contribution in [0.5, 0.6) is 0 Å². The fraction of sp³-hybridized carbons (Fsp3) is 0.440. The zero-order chi connectivity index (χ0) is 25.2. The lowest BCUT2D eigenvalue weighted by atomic mass is 9.85. The second-order valence-electron chi connectivity index (χ2n) is 9.53. The molecule has 2 aromatic heterocycles. The number of piperazine rings is 1. The highest BCUT2D eigenvalue weighted by Gasteiger charge is 2.28. The SMILES string of the molecule is CN1CCN(c2ccc3ncc(C(=O)N[C@H]4CC[C@H](C(=O)Nc5ccc(F)cc5Cl)CC4)n3n2)CC1. The molecule has 2 amide bonds. The minimum absolute atomic E-state index is 0.0395. The molecule has 190 valence electrons. The molecule has 1 saturated carbocycles. The van der Waals surface area contributed by atoms with Crippen molar-refractivity contribution in [3.8, 4) is 0 Å². The van der Waals surface area contributed by atoms with Crippen molar-refractivity contribution in [3.05, 3.63) is 53.1 Å². The number of hydrogen-bond acceptors (Lipinski definition) is 6. The van der Waals surface area contributed by atoms with E-state index in [0.29, 0.717) is 42.7 Å². The molecule has 2 N–H and O–H groups in total. The van der Waals surface area contributed by atoms with Gasteiger partial charge in [-0.2, -0.15) is 0 Å². The average molecular weight is 514 g/mol. The minimum atomic E-state index is -0.453. The molecule has 3 heterocycles. The van der Waals surface area contributed by atoms with Crippen molar-refractivity contribution >= 4 is 40.6 Å². The molecule has 0 spiro atoms. The van der Waals surface area contributed by atoms with E-state index in [0.717, 1.165) is 32.0 Å². The Balaban J connectivity index is 1.18. The zero-order valence-corrected chi connectivity index (χ0v) is 20.8. The van der Waals surface area contributed by atoms with Crippen LogP contribution < -0.4 is 15.5 Å². The molecule has 9 nitrogen and oxygen atoms in total. The van der Waals surface area contributed by atoms with Crippen molar-refractivity contribution < 1.29 is 14.0 Å². The molecule has 2 fully saturated rings. The molecule has 1 aliphatic heterocycles. The summed E-state index contributed by atoms with van der Waals surface area (Å²) in [7, 11) is 2.10. The maximum atomic E-state index is 13.2.